The molecule has 58 valence electrons. The summed E-state index contributed by atoms with van der Waals surface area (Å²) in [6.45, 7) is 0. The van der Waals surface area contributed by atoms with E-state index in [4.69, 9.17) is 16.1 Å². The summed E-state index contributed by atoms with van der Waals surface area (Å²) in [5.41, 5.74) is 5.98. The largest absolute Gasteiger partial charge is 0.506 e. The van der Waals surface area contributed by atoms with Crippen molar-refractivity contribution in [2.45, 2.75) is 0 Å². The molecule has 0 atom stereocenters. The standard InChI is InChI=1S/C7H6N2O.ClH/c8-4-5-1-2-6(9)7(10)3-5;/h1-3,10H,9H2;1H. The Balaban J connectivity index is 0.000001000. The number of hydrogen-bond donors (Lipinski definition) is 2. The van der Waals surface area contributed by atoms with Crippen LogP contribution in [0.2, 0.25) is 0 Å². The number of rotatable bonds is 0. The van der Waals surface area contributed by atoms with Crippen LogP contribution in [0.15, 0.2) is 18.2 Å². The predicted molar refractivity (Wildman–Crippen MR) is 44.5 cm³/mol. The Labute approximate surface area is 70.5 Å². The molecule has 0 aromatic heterocycles. The second kappa shape index (κ2) is 3.69. The van der Waals surface area contributed by atoms with E-state index in [1.807, 2.05) is 6.07 Å². The van der Waals surface area contributed by atoms with Gasteiger partial charge in [-0.3, -0.25) is 0 Å². The number of phenolic OH excluding ortho intramolecular Hbond substituents is 1. The maximum Gasteiger partial charge on any atom is 0.139 e. The SMILES string of the molecule is Cl.N#Cc1ccc(N)c(O)c1. The average molecular weight is 171 g/mol. The Bertz CT molecular complexity index is 293. The Hall–Kier alpha value is -1.40. The van der Waals surface area contributed by atoms with Gasteiger partial charge in [-0.25, -0.2) is 0 Å². The molecular weight excluding hydrogens is 164 g/mol. The van der Waals surface area contributed by atoms with Gasteiger partial charge in [0.25, 0.3) is 0 Å². The van der Waals surface area contributed by atoms with E-state index in [1.165, 1.54) is 12.1 Å². The number of phenols is 1. The van der Waals surface area contributed by atoms with Gasteiger partial charge < -0.3 is 10.8 Å². The van der Waals surface area contributed by atoms with E-state index in [0.717, 1.165) is 0 Å². The lowest BCUT2D eigenvalue weighted by Gasteiger charge is -1.95. The van der Waals surface area contributed by atoms with Gasteiger partial charge in [0, 0.05) is 0 Å². The highest BCUT2D eigenvalue weighted by molar-refractivity contribution is 5.85. The third kappa shape index (κ3) is 2.03. The van der Waals surface area contributed by atoms with Crippen molar-refractivity contribution in [1.29, 1.82) is 5.26 Å². The van der Waals surface area contributed by atoms with Crippen molar-refractivity contribution in [3.63, 3.8) is 0 Å². The summed E-state index contributed by atoms with van der Waals surface area (Å²) in [4.78, 5) is 0. The number of hydrogen-bond acceptors (Lipinski definition) is 3. The van der Waals surface area contributed by atoms with Gasteiger partial charge in [0.15, 0.2) is 0 Å². The zero-order valence-corrected chi connectivity index (χ0v) is 6.43. The van der Waals surface area contributed by atoms with E-state index >= 15 is 0 Å². The zero-order valence-electron chi connectivity index (χ0n) is 5.61. The van der Waals surface area contributed by atoms with Crippen LogP contribution in [-0.4, -0.2) is 5.11 Å². The Morgan fingerprint density at radius 3 is 2.55 bits per heavy atom. The molecule has 0 radical (unpaired) electrons. The monoisotopic (exact) mass is 170 g/mol. The van der Waals surface area contributed by atoms with Crippen LogP contribution in [0.1, 0.15) is 5.56 Å². The lowest BCUT2D eigenvalue weighted by molar-refractivity contribution is 0.478. The summed E-state index contributed by atoms with van der Waals surface area (Å²) < 4.78 is 0. The first-order valence-corrected chi connectivity index (χ1v) is 2.72. The summed E-state index contributed by atoms with van der Waals surface area (Å²) in [6.07, 6.45) is 0. The maximum absolute atomic E-state index is 8.96. The van der Waals surface area contributed by atoms with Gasteiger partial charge in [0.1, 0.15) is 5.75 Å². The summed E-state index contributed by atoms with van der Waals surface area (Å²) in [6, 6.07) is 6.25. The van der Waals surface area contributed by atoms with Gasteiger partial charge in [-0.1, -0.05) is 0 Å². The number of halogens is 1. The van der Waals surface area contributed by atoms with Crippen LogP contribution in [0.5, 0.6) is 5.75 Å². The molecule has 3 N–H and O–H groups in total. The van der Waals surface area contributed by atoms with Gasteiger partial charge >= 0.3 is 0 Å². The second-order valence-electron chi connectivity index (χ2n) is 1.89. The molecule has 1 aromatic rings. The fraction of sp³-hybridized carbons (Fsp3) is 0. The lowest BCUT2D eigenvalue weighted by Crippen LogP contribution is -1.85. The van der Waals surface area contributed by atoms with Crippen LogP contribution < -0.4 is 5.73 Å². The van der Waals surface area contributed by atoms with Crippen LogP contribution >= 0.6 is 12.4 Å². The van der Waals surface area contributed by atoms with Crippen molar-refractivity contribution in [2.24, 2.45) is 0 Å². The molecule has 0 aliphatic rings. The van der Waals surface area contributed by atoms with Crippen LogP contribution in [0.4, 0.5) is 5.69 Å². The first kappa shape index (κ1) is 9.60. The van der Waals surface area contributed by atoms with E-state index in [9.17, 15) is 0 Å². The molecule has 0 bridgehead atoms. The summed E-state index contributed by atoms with van der Waals surface area (Å²) in [5.74, 6) is -0.0425. The molecule has 0 spiro atoms. The third-order valence-electron chi connectivity index (χ3n) is 1.16. The van der Waals surface area contributed by atoms with Gasteiger partial charge in [-0.15, -0.1) is 12.4 Å². The van der Waals surface area contributed by atoms with Crippen molar-refractivity contribution in [1.82, 2.24) is 0 Å². The molecule has 0 fully saturated rings. The maximum atomic E-state index is 8.96. The molecule has 0 heterocycles. The average Bonchev–Trinajstić information content (AvgIpc) is 1.95. The Morgan fingerprint density at radius 2 is 2.09 bits per heavy atom. The van der Waals surface area contributed by atoms with Crippen LogP contribution in [0.3, 0.4) is 0 Å². The molecule has 0 aliphatic carbocycles. The first-order chi connectivity index (χ1) is 4.74. The van der Waals surface area contributed by atoms with E-state index in [0.29, 0.717) is 11.3 Å². The van der Waals surface area contributed by atoms with Crippen LogP contribution in [0, 0.1) is 11.3 Å². The number of anilines is 1. The molecule has 1 aromatic carbocycles. The molecule has 1 rings (SSSR count). The number of nitrogens with two attached hydrogens (primary N) is 1. The van der Waals surface area contributed by atoms with Crippen molar-refractivity contribution < 1.29 is 5.11 Å². The van der Waals surface area contributed by atoms with E-state index in [-0.39, 0.29) is 18.2 Å². The molecule has 11 heavy (non-hydrogen) atoms. The predicted octanol–water partition coefficient (Wildman–Crippen LogP) is 1.27. The highest BCUT2D eigenvalue weighted by Crippen LogP contribution is 2.19. The van der Waals surface area contributed by atoms with Crippen molar-refractivity contribution in [2.75, 3.05) is 5.73 Å². The minimum absolute atomic E-state index is 0. The number of nitrogen functional groups attached to an aromatic ring is 1. The van der Waals surface area contributed by atoms with Gasteiger partial charge in [0.05, 0.1) is 17.3 Å². The topological polar surface area (TPSA) is 70.0 Å². The molecule has 3 nitrogen and oxygen atoms in total. The van der Waals surface area contributed by atoms with Crippen molar-refractivity contribution in [3.05, 3.63) is 23.8 Å². The summed E-state index contributed by atoms with van der Waals surface area (Å²) in [5, 5.41) is 17.3. The van der Waals surface area contributed by atoms with Gasteiger partial charge in [0.2, 0.25) is 0 Å². The Kier molecular flexibility index (Phi) is 3.22. The number of nitriles is 1. The summed E-state index contributed by atoms with van der Waals surface area (Å²) >= 11 is 0. The minimum Gasteiger partial charge on any atom is -0.506 e. The normalized spacial score (nSPS) is 7.91. The molecule has 0 amide bonds. The number of benzene rings is 1. The number of nitrogens with zero attached hydrogens (tertiary/aromatic N) is 1. The van der Waals surface area contributed by atoms with Crippen molar-refractivity contribution >= 4 is 18.1 Å². The van der Waals surface area contributed by atoms with Crippen molar-refractivity contribution in [3.8, 4) is 11.8 Å². The molecule has 0 unspecified atom stereocenters. The second-order valence-corrected chi connectivity index (χ2v) is 1.89. The lowest BCUT2D eigenvalue weighted by atomic mass is 10.2. The number of aromatic hydroxyl groups is 1. The van der Waals surface area contributed by atoms with Gasteiger partial charge in [-0.05, 0) is 18.2 Å². The smallest absolute Gasteiger partial charge is 0.139 e. The molecule has 0 aliphatic heterocycles. The first-order valence-electron chi connectivity index (χ1n) is 2.72. The van der Waals surface area contributed by atoms with E-state index < -0.39 is 0 Å². The molecule has 0 saturated carbocycles. The highest BCUT2D eigenvalue weighted by Gasteiger charge is 1.95. The minimum atomic E-state index is -0.0425. The fourth-order valence-electron chi connectivity index (χ4n) is 0.613. The fourth-order valence-corrected chi connectivity index (χ4v) is 0.613. The molecule has 0 saturated heterocycles. The summed E-state index contributed by atoms with van der Waals surface area (Å²) in [7, 11) is 0. The van der Waals surface area contributed by atoms with Crippen LogP contribution in [0.25, 0.3) is 0 Å². The van der Waals surface area contributed by atoms with E-state index in [1.54, 1.807) is 6.07 Å². The van der Waals surface area contributed by atoms with E-state index in [2.05, 4.69) is 0 Å². The Morgan fingerprint density at radius 1 is 1.45 bits per heavy atom. The van der Waals surface area contributed by atoms with Crippen LogP contribution in [-0.2, 0) is 0 Å². The zero-order chi connectivity index (χ0) is 7.56. The molecular formula is C7H7ClN2O. The van der Waals surface area contributed by atoms with Gasteiger partial charge in [-0.2, -0.15) is 5.26 Å². The quantitative estimate of drug-likeness (QED) is 0.455. The third-order valence-corrected chi connectivity index (χ3v) is 1.16. The molecule has 4 heteroatoms. The highest BCUT2D eigenvalue weighted by atomic mass is 35.5.